The summed E-state index contributed by atoms with van der Waals surface area (Å²) < 4.78 is 12.4. The van der Waals surface area contributed by atoms with E-state index in [9.17, 15) is 0 Å². The van der Waals surface area contributed by atoms with E-state index < -0.39 is 0 Å². The maximum Gasteiger partial charge on any atom is 0.231 e. The number of benzene rings is 3. The van der Waals surface area contributed by atoms with E-state index in [1.54, 1.807) is 11.3 Å². The summed E-state index contributed by atoms with van der Waals surface area (Å²) in [6.07, 6.45) is 0. The van der Waals surface area contributed by atoms with Crippen LogP contribution < -0.4 is 9.47 Å². The number of aromatic nitrogens is 2. The van der Waals surface area contributed by atoms with Crippen LogP contribution in [0.25, 0.3) is 42.9 Å². The van der Waals surface area contributed by atoms with Gasteiger partial charge in [-0.2, -0.15) is 0 Å². The molecule has 0 amide bonds. The number of para-hydroxylation sites is 1. The Morgan fingerprint density at radius 3 is 2.37 bits per heavy atom. The summed E-state index contributed by atoms with van der Waals surface area (Å²) in [4.78, 5) is 9.99. The third-order valence-electron chi connectivity index (χ3n) is 5.29. The van der Waals surface area contributed by atoms with E-state index in [0.717, 1.165) is 55.3 Å². The van der Waals surface area contributed by atoms with Crippen LogP contribution in [0.5, 0.6) is 11.5 Å². The van der Waals surface area contributed by atoms with Crippen molar-refractivity contribution in [3.05, 3.63) is 72.3 Å². The van der Waals surface area contributed by atoms with Crippen LogP contribution in [0.15, 0.2) is 66.7 Å². The largest absolute Gasteiger partial charge is 0.454 e. The molecule has 0 fully saturated rings. The van der Waals surface area contributed by atoms with Gasteiger partial charge < -0.3 is 9.47 Å². The highest BCUT2D eigenvalue weighted by Crippen LogP contribution is 2.43. The first-order chi connectivity index (χ1) is 14.3. The van der Waals surface area contributed by atoms with Gasteiger partial charge in [0, 0.05) is 22.6 Å². The molecule has 0 bridgehead atoms. The summed E-state index contributed by atoms with van der Waals surface area (Å²) in [6, 6.07) is 22.5. The maximum atomic E-state index is 5.61. The highest BCUT2D eigenvalue weighted by molar-refractivity contribution is 7.21. The van der Waals surface area contributed by atoms with Gasteiger partial charge in [-0.3, -0.25) is 0 Å². The molecule has 1 aliphatic heterocycles. The number of halogens is 1. The number of nitrogens with zero attached hydrogens (tertiary/aromatic N) is 2. The van der Waals surface area contributed by atoms with E-state index in [0.29, 0.717) is 0 Å². The van der Waals surface area contributed by atoms with E-state index in [4.69, 9.17) is 19.4 Å². The second kappa shape index (κ2) is 7.27. The molecule has 0 saturated heterocycles. The molecule has 0 atom stereocenters. The molecule has 0 spiro atoms. The molecular formula is C24H17ClN2O2S. The zero-order chi connectivity index (χ0) is 19.4. The molecule has 0 saturated carbocycles. The van der Waals surface area contributed by atoms with E-state index in [-0.39, 0.29) is 19.2 Å². The van der Waals surface area contributed by atoms with Crippen molar-refractivity contribution < 1.29 is 9.47 Å². The Morgan fingerprint density at radius 2 is 1.57 bits per heavy atom. The molecule has 0 N–H and O–H groups in total. The molecule has 6 rings (SSSR count). The number of thiazole rings is 1. The fourth-order valence-electron chi connectivity index (χ4n) is 3.86. The fraction of sp³-hybridized carbons (Fsp3) is 0.0833. The molecular weight excluding hydrogens is 416 g/mol. The number of rotatable bonds is 2. The van der Waals surface area contributed by atoms with Gasteiger partial charge in [0.15, 0.2) is 11.5 Å². The number of aryl methyl sites for hydroxylation is 1. The maximum absolute atomic E-state index is 5.61. The van der Waals surface area contributed by atoms with Crippen molar-refractivity contribution in [1.29, 1.82) is 0 Å². The summed E-state index contributed by atoms with van der Waals surface area (Å²) in [7, 11) is 0. The number of hydrogen-bond donors (Lipinski definition) is 0. The minimum absolute atomic E-state index is 0. The van der Waals surface area contributed by atoms with Gasteiger partial charge in [-0.15, -0.1) is 23.7 Å². The average molecular weight is 433 g/mol. The van der Waals surface area contributed by atoms with Gasteiger partial charge in [0.05, 0.1) is 21.4 Å². The summed E-state index contributed by atoms with van der Waals surface area (Å²) in [5.41, 5.74) is 6.14. The minimum Gasteiger partial charge on any atom is -0.454 e. The first-order valence-corrected chi connectivity index (χ1v) is 10.2. The van der Waals surface area contributed by atoms with Gasteiger partial charge >= 0.3 is 0 Å². The zero-order valence-electron chi connectivity index (χ0n) is 16.1. The van der Waals surface area contributed by atoms with Gasteiger partial charge in [-0.25, -0.2) is 9.97 Å². The molecule has 0 aliphatic carbocycles. The van der Waals surface area contributed by atoms with Crippen molar-refractivity contribution in [3.63, 3.8) is 0 Å². The standard InChI is InChI=1S/C24H16N2O2S.ClH/c1-14-16-11-19-20(28-13-27-19)12-18(16)25-23(15-7-3-2-4-8-15)22(14)24-26-17-9-5-6-10-21(17)29-24;/h2-12H,13H2,1H3;1H. The molecule has 0 radical (unpaired) electrons. The minimum atomic E-state index is 0. The van der Waals surface area contributed by atoms with Crippen LogP contribution in [-0.2, 0) is 0 Å². The summed E-state index contributed by atoms with van der Waals surface area (Å²) in [5.74, 6) is 1.52. The second-order valence-corrected chi connectivity index (χ2v) is 8.07. The van der Waals surface area contributed by atoms with Crippen LogP contribution >= 0.6 is 23.7 Å². The molecule has 3 aromatic carbocycles. The summed E-state index contributed by atoms with van der Waals surface area (Å²) in [6.45, 7) is 2.39. The van der Waals surface area contributed by atoms with Gasteiger partial charge in [0.2, 0.25) is 6.79 Å². The zero-order valence-corrected chi connectivity index (χ0v) is 17.7. The SMILES string of the molecule is Cc1c(-c2nc3ccccc3s2)c(-c2ccccc2)nc2cc3c(cc12)OCO3.Cl. The van der Waals surface area contributed by atoms with E-state index >= 15 is 0 Å². The first kappa shape index (κ1) is 18.9. The third kappa shape index (κ3) is 2.90. The Bertz CT molecular complexity index is 1370. The predicted molar refractivity (Wildman–Crippen MR) is 124 cm³/mol. The molecule has 5 aromatic rings. The first-order valence-electron chi connectivity index (χ1n) is 9.43. The van der Waals surface area contributed by atoms with Crippen molar-refractivity contribution >= 4 is 44.9 Å². The van der Waals surface area contributed by atoms with Crippen LogP contribution in [0.1, 0.15) is 5.56 Å². The van der Waals surface area contributed by atoms with Crippen molar-refractivity contribution in [1.82, 2.24) is 9.97 Å². The Labute approximate surface area is 183 Å². The Balaban J connectivity index is 0.00000193. The summed E-state index contributed by atoms with van der Waals surface area (Å²) in [5, 5.41) is 2.04. The highest BCUT2D eigenvalue weighted by Gasteiger charge is 2.22. The van der Waals surface area contributed by atoms with Gasteiger partial charge in [0.1, 0.15) is 5.01 Å². The van der Waals surface area contributed by atoms with Crippen molar-refractivity contribution in [2.45, 2.75) is 6.92 Å². The quantitative estimate of drug-likeness (QED) is 0.313. The van der Waals surface area contributed by atoms with Crippen molar-refractivity contribution in [3.8, 4) is 33.3 Å². The van der Waals surface area contributed by atoms with E-state index in [2.05, 4.69) is 37.3 Å². The number of hydrogen-bond acceptors (Lipinski definition) is 5. The lowest BCUT2D eigenvalue weighted by atomic mass is 9.97. The normalized spacial score (nSPS) is 12.3. The molecule has 3 heterocycles. The van der Waals surface area contributed by atoms with Crippen molar-refractivity contribution in [2.75, 3.05) is 6.79 Å². The molecule has 6 heteroatoms. The van der Waals surface area contributed by atoms with Crippen LogP contribution in [-0.4, -0.2) is 16.8 Å². The lowest BCUT2D eigenvalue weighted by Gasteiger charge is -2.14. The highest BCUT2D eigenvalue weighted by atomic mass is 35.5. The van der Waals surface area contributed by atoms with Crippen molar-refractivity contribution in [2.24, 2.45) is 0 Å². The Morgan fingerprint density at radius 1 is 0.833 bits per heavy atom. The Hall–Kier alpha value is -3.15. The molecule has 4 nitrogen and oxygen atoms in total. The van der Waals surface area contributed by atoms with Crippen LogP contribution in [0.3, 0.4) is 0 Å². The average Bonchev–Trinajstić information content (AvgIpc) is 3.39. The van der Waals surface area contributed by atoms with Crippen LogP contribution in [0.2, 0.25) is 0 Å². The smallest absolute Gasteiger partial charge is 0.231 e. The molecule has 30 heavy (non-hydrogen) atoms. The van der Waals surface area contributed by atoms with Crippen LogP contribution in [0.4, 0.5) is 0 Å². The third-order valence-corrected chi connectivity index (χ3v) is 6.35. The predicted octanol–water partition coefficient (Wildman–Crippen LogP) is 6.64. The van der Waals surface area contributed by atoms with Gasteiger partial charge in [0.25, 0.3) is 0 Å². The topological polar surface area (TPSA) is 44.2 Å². The molecule has 148 valence electrons. The van der Waals surface area contributed by atoms with Gasteiger partial charge in [-0.1, -0.05) is 42.5 Å². The lowest BCUT2D eigenvalue weighted by Crippen LogP contribution is -1.95. The number of fused-ring (bicyclic) bond motifs is 3. The summed E-state index contributed by atoms with van der Waals surface area (Å²) >= 11 is 1.70. The number of ether oxygens (including phenoxy) is 2. The van der Waals surface area contributed by atoms with Crippen LogP contribution in [0, 0.1) is 6.92 Å². The monoisotopic (exact) mass is 432 g/mol. The molecule has 1 aliphatic rings. The molecule has 2 aromatic heterocycles. The molecule has 0 unspecified atom stereocenters. The van der Waals surface area contributed by atoms with Gasteiger partial charge in [-0.05, 0) is 30.7 Å². The second-order valence-electron chi connectivity index (χ2n) is 7.04. The lowest BCUT2D eigenvalue weighted by molar-refractivity contribution is 0.174. The fourth-order valence-corrected chi connectivity index (χ4v) is 4.93. The Kier molecular flexibility index (Phi) is 4.57. The van der Waals surface area contributed by atoms with E-state index in [1.807, 2.05) is 36.4 Å². The van der Waals surface area contributed by atoms with E-state index in [1.165, 1.54) is 4.70 Å². The number of pyridine rings is 1.